The number of non-ortho nitro benzene ring substituents is 1. The number of rotatable bonds is 6. The summed E-state index contributed by atoms with van der Waals surface area (Å²) in [5.74, 6) is 0.753. The van der Waals surface area contributed by atoms with E-state index in [0.717, 1.165) is 22.1 Å². The molecular formula is C18H17ClN4O2S. The van der Waals surface area contributed by atoms with Gasteiger partial charge in [0.1, 0.15) is 0 Å². The van der Waals surface area contributed by atoms with Gasteiger partial charge in [0.15, 0.2) is 11.0 Å². The molecular weight excluding hydrogens is 372 g/mol. The first-order chi connectivity index (χ1) is 12.5. The Hall–Kier alpha value is -2.38. The maximum Gasteiger partial charge on any atom is 0.269 e. The molecule has 1 aromatic heterocycles. The van der Waals surface area contributed by atoms with Crippen LogP contribution in [0.5, 0.6) is 0 Å². The first-order valence-corrected chi connectivity index (χ1v) is 9.35. The van der Waals surface area contributed by atoms with E-state index in [1.54, 1.807) is 12.1 Å². The number of halogens is 1. The maximum atomic E-state index is 11.0. The van der Waals surface area contributed by atoms with Gasteiger partial charge in [0.2, 0.25) is 0 Å². The van der Waals surface area contributed by atoms with Gasteiger partial charge < -0.3 is 4.57 Å². The third kappa shape index (κ3) is 3.89. The van der Waals surface area contributed by atoms with Gasteiger partial charge in [-0.05, 0) is 31.5 Å². The van der Waals surface area contributed by atoms with Crippen molar-refractivity contribution < 1.29 is 4.92 Å². The molecule has 0 fully saturated rings. The smallest absolute Gasteiger partial charge is 0.269 e. The zero-order valence-electron chi connectivity index (χ0n) is 14.3. The van der Waals surface area contributed by atoms with Crippen molar-refractivity contribution >= 4 is 29.1 Å². The van der Waals surface area contributed by atoms with E-state index in [9.17, 15) is 10.1 Å². The fourth-order valence-corrected chi connectivity index (χ4v) is 3.84. The molecule has 1 heterocycles. The molecule has 3 aromatic rings. The lowest BCUT2D eigenvalue weighted by atomic mass is 10.1. The van der Waals surface area contributed by atoms with Crippen molar-refractivity contribution in [3.63, 3.8) is 0 Å². The van der Waals surface area contributed by atoms with Crippen molar-refractivity contribution in [2.75, 3.05) is 0 Å². The van der Waals surface area contributed by atoms with E-state index in [0.29, 0.717) is 11.6 Å². The topological polar surface area (TPSA) is 73.8 Å². The number of benzene rings is 2. The fourth-order valence-electron chi connectivity index (χ4n) is 2.62. The molecule has 0 aliphatic rings. The molecule has 0 N–H and O–H groups in total. The van der Waals surface area contributed by atoms with Crippen LogP contribution < -0.4 is 0 Å². The van der Waals surface area contributed by atoms with Gasteiger partial charge in [-0.1, -0.05) is 47.6 Å². The van der Waals surface area contributed by atoms with Crippen LogP contribution in [0.15, 0.2) is 53.7 Å². The Bertz CT molecular complexity index is 944. The second kappa shape index (κ2) is 7.88. The molecule has 0 bridgehead atoms. The van der Waals surface area contributed by atoms with Gasteiger partial charge in [-0.3, -0.25) is 10.1 Å². The summed E-state index contributed by atoms with van der Waals surface area (Å²) in [5.41, 5.74) is 1.87. The lowest BCUT2D eigenvalue weighted by Gasteiger charge is -2.12. The van der Waals surface area contributed by atoms with Gasteiger partial charge in [-0.15, -0.1) is 10.2 Å². The number of hydrogen-bond donors (Lipinski definition) is 0. The molecule has 1 atom stereocenters. The molecule has 0 aliphatic carbocycles. The van der Waals surface area contributed by atoms with Crippen molar-refractivity contribution in [1.82, 2.24) is 14.8 Å². The SMILES string of the molecule is CCn1c(S[C@@H](C)c2cccc([N+](=O)[O-])c2)nnc1-c1cccc(Cl)c1. The number of aromatic nitrogens is 3. The van der Waals surface area contributed by atoms with E-state index < -0.39 is 0 Å². The van der Waals surface area contributed by atoms with E-state index in [2.05, 4.69) is 10.2 Å². The monoisotopic (exact) mass is 388 g/mol. The minimum absolute atomic E-state index is 0.00314. The molecule has 3 rings (SSSR count). The molecule has 2 aromatic carbocycles. The summed E-state index contributed by atoms with van der Waals surface area (Å²) >= 11 is 7.61. The molecule has 0 saturated carbocycles. The first kappa shape index (κ1) is 18.4. The van der Waals surface area contributed by atoms with Crippen LogP contribution in [0.4, 0.5) is 5.69 Å². The minimum atomic E-state index is -0.382. The Labute approximate surface area is 160 Å². The number of nitro groups is 1. The zero-order valence-corrected chi connectivity index (χ0v) is 15.9. The number of thioether (sulfide) groups is 1. The largest absolute Gasteiger partial charge is 0.302 e. The molecule has 0 unspecified atom stereocenters. The Morgan fingerprint density at radius 1 is 1.23 bits per heavy atom. The average Bonchev–Trinajstić information content (AvgIpc) is 3.04. The molecule has 0 radical (unpaired) electrons. The summed E-state index contributed by atoms with van der Waals surface area (Å²) < 4.78 is 2.02. The van der Waals surface area contributed by atoms with E-state index in [1.165, 1.54) is 17.8 Å². The summed E-state index contributed by atoms with van der Waals surface area (Å²) in [6.45, 7) is 4.73. The molecule has 26 heavy (non-hydrogen) atoms. The van der Waals surface area contributed by atoms with Gasteiger partial charge in [0, 0.05) is 34.5 Å². The van der Waals surface area contributed by atoms with Gasteiger partial charge in [-0.25, -0.2) is 0 Å². The predicted molar refractivity (Wildman–Crippen MR) is 104 cm³/mol. The first-order valence-electron chi connectivity index (χ1n) is 8.09. The van der Waals surface area contributed by atoms with Crippen molar-refractivity contribution in [2.24, 2.45) is 0 Å². The standard InChI is InChI=1S/C18H17ClN4O2S/c1-3-22-17(14-7-4-8-15(19)10-14)20-21-18(22)26-12(2)13-6-5-9-16(11-13)23(24)25/h4-12H,3H2,1-2H3/t12-/m0/s1. The van der Waals surface area contributed by atoms with E-state index in [1.807, 2.05) is 48.7 Å². The molecule has 134 valence electrons. The number of nitro benzene ring substituents is 1. The summed E-state index contributed by atoms with van der Waals surface area (Å²) in [4.78, 5) is 10.6. The highest BCUT2D eigenvalue weighted by atomic mass is 35.5. The van der Waals surface area contributed by atoms with Crippen molar-refractivity contribution in [3.8, 4) is 11.4 Å². The Balaban J connectivity index is 1.88. The highest BCUT2D eigenvalue weighted by Gasteiger charge is 2.18. The van der Waals surface area contributed by atoms with Crippen LogP contribution in [0.3, 0.4) is 0 Å². The quantitative estimate of drug-likeness (QED) is 0.322. The van der Waals surface area contributed by atoms with Crippen LogP contribution in [0.2, 0.25) is 5.02 Å². The summed E-state index contributed by atoms with van der Waals surface area (Å²) in [6, 6.07) is 14.2. The van der Waals surface area contributed by atoms with Crippen LogP contribution in [0, 0.1) is 10.1 Å². The van der Waals surface area contributed by atoms with Crippen LogP contribution in [0.1, 0.15) is 24.7 Å². The highest BCUT2D eigenvalue weighted by molar-refractivity contribution is 7.99. The van der Waals surface area contributed by atoms with Crippen molar-refractivity contribution in [3.05, 3.63) is 69.2 Å². The summed E-state index contributed by atoms with van der Waals surface area (Å²) in [5, 5.41) is 21.0. The Morgan fingerprint density at radius 2 is 2.00 bits per heavy atom. The molecule has 0 aliphatic heterocycles. The lowest BCUT2D eigenvalue weighted by molar-refractivity contribution is -0.384. The third-order valence-corrected chi connectivity index (χ3v) is 5.32. The van der Waals surface area contributed by atoms with Gasteiger partial charge in [0.05, 0.1) is 4.92 Å². The van der Waals surface area contributed by atoms with Crippen LogP contribution >= 0.6 is 23.4 Å². The molecule has 0 saturated heterocycles. The maximum absolute atomic E-state index is 11.0. The van der Waals surface area contributed by atoms with Gasteiger partial charge >= 0.3 is 0 Å². The fraction of sp³-hybridized carbons (Fsp3) is 0.222. The molecule has 0 spiro atoms. The van der Waals surface area contributed by atoms with Crippen LogP contribution in [0.25, 0.3) is 11.4 Å². The summed E-state index contributed by atoms with van der Waals surface area (Å²) in [6.07, 6.45) is 0. The Morgan fingerprint density at radius 3 is 2.69 bits per heavy atom. The minimum Gasteiger partial charge on any atom is -0.302 e. The normalized spacial score (nSPS) is 12.1. The summed E-state index contributed by atoms with van der Waals surface area (Å²) in [7, 11) is 0. The van der Waals surface area contributed by atoms with E-state index in [-0.39, 0.29) is 15.9 Å². The molecule has 0 amide bonds. The average molecular weight is 389 g/mol. The van der Waals surface area contributed by atoms with Crippen molar-refractivity contribution in [2.45, 2.75) is 30.8 Å². The number of nitrogens with zero attached hydrogens (tertiary/aromatic N) is 4. The second-order valence-electron chi connectivity index (χ2n) is 5.67. The van der Waals surface area contributed by atoms with Gasteiger partial charge in [-0.2, -0.15) is 0 Å². The van der Waals surface area contributed by atoms with E-state index >= 15 is 0 Å². The molecule has 8 heteroatoms. The lowest BCUT2D eigenvalue weighted by Crippen LogP contribution is -2.01. The predicted octanol–water partition coefficient (Wildman–Crippen LogP) is 5.38. The second-order valence-corrected chi connectivity index (χ2v) is 7.42. The molecule has 6 nitrogen and oxygen atoms in total. The number of hydrogen-bond acceptors (Lipinski definition) is 5. The van der Waals surface area contributed by atoms with Gasteiger partial charge in [0.25, 0.3) is 5.69 Å². The Kier molecular flexibility index (Phi) is 5.58. The van der Waals surface area contributed by atoms with E-state index in [4.69, 9.17) is 11.6 Å². The zero-order chi connectivity index (χ0) is 18.7. The highest BCUT2D eigenvalue weighted by Crippen LogP contribution is 2.36. The van der Waals surface area contributed by atoms with Crippen LogP contribution in [-0.4, -0.2) is 19.7 Å². The van der Waals surface area contributed by atoms with Crippen molar-refractivity contribution in [1.29, 1.82) is 0 Å². The third-order valence-electron chi connectivity index (χ3n) is 3.95. The van der Waals surface area contributed by atoms with Crippen LogP contribution in [-0.2, 0) is 6.54 Å².